The largest absolute Gasteiger partial charge is 0.497 e. The van der Waals surface area contributed by atoms with Gasteiger partial charge in [0.2, 0.25) is 0 Å². The number of fused-ring (bicyclic) bond motifs is 1. The highest BCUT2D eigenvalue weighted by atomic mass is 16.5. The van der Waals surface area contributed by atoms with Gasteiger partial charge in [-0.2, -0.15) is 0 Å². The van der Waals surface area contributed by atoms with E-state index in [1.54, 1.807) is 24.3 Å². The van der Waals surface area contributed by atoms with E-state index in [0.717, 1.165) is 4.90 Å². The number of hydrogen-bond donors (Lipinski definition) is 1. The Morgan fingerprint density at radius 2 is 1.87 bits per heavy atom. The third-order valence-electron chi connectivity index (χ3n) is 4.51. The predicted molar refractivity (Wildman–Crippen MR) is 109 cm³/mol. The minimum absolute atomic E-state index is 0.0661. The summed E-state index contributed by atoms with van der Waals surface area (Å²) in [5.74, 6) is -1.69. The summed E-state index contributed by atoms with van der Waals surface area (Å²) >= 11 is 0. The Bertz CT molecular complexity index is 1050. The third kappa shape index (κ3) is 4.07. The Kier molecular flexibility index (Phi) is 5.96. The summed E-state index contributed by atoms with van der Waals surface area (Å²) in [7, 11) is 1.51. The summed E-state index contributed by atoms with van der Waals surface area (Å²) < 4.78 is 10.3. The maximum atomic E-state index is 12.5. The van der Waals surface area contributed by atoms with E-state index in [4.69, 9.17) is 9.47 Å². The number of imide groups is 1. The molecule has 30 heavy (non-hydrogen) atoms. The van der Waals surface area contributed by atoms with Crippen LogP contribution in [0.25, 0.3) is 0 Å². The highest BCUT2D eigenvalue weighted by molar-refractivity contribution is 6.22. The van der Waals surface area contributed by atoms with Crippen molar-refractivity contribution in [3.05, 3.63) is 71.8 Å². The van der Waals surface area contributed by atoms with E-state index in [0.29, 0.717) is 11.4 Å². The van der Waals surface area contributed by atoms with Crippen molar-refractivity contribution >= 4 is 29.4 Å². The lowest BCUT2D eigenvalue weighted by Gasteiger charge is -2.14. The molecule has 8 nitrogen and oxygen atoms in total. The molecule has 0 radical (unpaired) electrons. The van der Waals surface area contributed by atoms with Crippen molar-refractivity contribution < 1.29 is 28.7 Å². The van der Waals surface area contributed by atoms with Crippen molar-refractivity contribution in [3.8, 4) is 5.75 Å². The zero-order valence-electron chi connectivity index (χ0n) is 16.5. The first-order chi connectivity index (χ1) is 14.3. The molecule has 2 aromatic rings. The van der Waals surface area contributed by atoms with Crippen molar-refractivity contribution in [2.24, 2.45) is 0 Å². The first kappa shape index (κ1) is 20.8. The van der Waals surface area contributed by atoms with Crippen molar-refractivity contribution in [3.63, 3.8) is 0 Å². The van der Waals surface area contributed by atoms with Gasteiger partial charge >= 0.3 is 5.97 Å². The number of ether oxygens (including phenoxy) is 2. The monoisotopic (exact) mass is 408 g/mol. The fourth-order valence-corrected chi connectivity index (χ4v) is 2.94. The fourth-order valence-electron chi connectivity index (χ4n) is 2.94. The highest BCUT2D eigenvalue weighted by Gasteiger charge is 2.35. The quantitative estimate of drug-likeness (QED) is 0.429. The topological polar surface area (TPSA) is 102 Å². The summed E-state index contributed by atoms with van der Waals surface area (Å²) in [6.07, 6.45) is 0.353. The van der Waals surface area contributed by atoms with Crippen LogP contribution in [-0.2, 0) is 9.53 Å². The van der Waals surface area contributed by atoms with Gasteiger partial charge in [-0.25, -0.2) is 4.79 Å². The number of methoxy groups -OCH3 is 1. The summed E-state index contributed by atoms with van der Waals surface area (Å²) in [6.45, 7) is 5.03. The van der Waals surface area contributed by atoms with Crippen LogP contribution in [0.15, 0.2) is 55.1 Å². The first-order valence-corrected chi connectivity index (χ1v) is 9.12. The Labute approximate surface area is 173 Å². The molecule has 0 aromatic heterocycles. The zero-order valence-corrected chi connectivity index (χ0v) is 16.5. The number of carbonyl (C=O) groups is 4. The van der Waals surface area contributed by atoms with Gasteiger partial charge in [-0.1, -0.05) is 12.1 Å². The van der Waals surface area contributed by atoms with Gasteiger partial charge in [0.05, 0.1) is 23.8 Å². The van der Waals surface area contributed by atoms with E-state index < -0.39 is 29.8 Å². The maximum Gasteiger partial charge on any atom is 0.338 e. The number of benzene rings is 2. The molecule has 0 bridgehead atoms. The van der Waals surface area contributed by atoms with Gasteiger partial charge in [-0.15, -0.1) is 6.58 Å². The van der Waals surface area contributed by atoms with Gasteiger partial charge in [0, 0.05) is 18.3 Å². The summed E-state index contributed by atoms with van der Waals surface area (Å²) in [5.41, 5.74) is 0.884. The number of rotatable bonds is 7. The lowest BCUT2D eigenvalue weighted by molar-refractivity contribution is -0.123. The molecule has 3 amide bonds. The highest BCUT2D eigenvalue weighted by Crippen LogP contribution is 2.24. The molecule has 1 aliphatic rings. The van der Waals surface area contributed by atoms with Crippen LogP contribution < -0.4 is 10.1 Å². The molecule has 0 spiro atoms. The first-order valence-electron chi connectivity index (χ1n) is 9.12. The Balaban J connectivity index is 1.69. The molecule has 1 heterocycles. The van der Waals surface area contributed by atoms with E-state index >= 15 is 0 Å². The molecule has 0 saturated heterocycles. The SMILES string of the molecule is C=CCN1C(=O)c2ccc(C(=O)OC(C)C(=O)Nc3cccc(OC)c3)cc2C1=O. The van der Waals surface area contributed by atoms with Crippen molar-refractivity contribution in [2.45, 2.75) is 13.0 Å². The second kappa shape index (κ2) is 8.60. The van der Waals surface area contributed by atoms with Crippen molar-refractivity contribution in [1.29, 1.82) is 0 Å². The van der Waals surface area contributed by atoms with Gasteiger partial charge < -0.3 is 14.8 Å². The number of nitrogens with zero attached hydrogens (tertiary/aromatic N) is 1. The van der Waals surface area contributed by atoms with Gasteiger partial charge in [-0.3, -0.25) is 19.3 Å². The van der Waals surface area contributed by atoms with Crippen molar-refractivity contribution in [1.82, 2.24) is 4.90 Å². The minimum Gasteiger partial charge on any atom is -0.497 e. The standard InChI is InChI=1S/C22H20N2O6/c1-4-10-24-20(26)17-9-8-14(11-18(17)21(24)27)22(28)30-13(2)19(25)23-15-6-5-7-16(12-15)29-3/h4-9,11-13H,1,10H2,2-3H3,(H,23,25). The average molecular weight is 408 g/mol. The number of amides is 3. The molecule has 1 aliphatic heterocycles. The smallest absolute Gasteiger partial charge is 0.338 e. The van der Waals surface area contributed by atoms with Gasteiger partial charge in [0.15, 0.2) is 6.10 Å². The van der Waals surface area contributed by atoms with Crippen LogP contribution in [0.2, 0.25) is 0 Å². The van der Waals surface area contributed by atoms with Crippen LogP contribution in [0.1, 0.15) is 38.0 Å². The lowest BCUT2D eigenvalue weighted by atomic mass is 10.1. The molecule has 8 heteroatoms. The summed E-state index contributed by atoms with van der Waals surface area (Å²) in [4.78, 5) is 50.5. The molecule has 3 rings (SSSR count). The van der Waals surface area contributed by atoms with Crippen LogP contribution in [0.4, 0.5) is 5.69 Å². The molecule has 0 aliphatic carbocycles. The van der Waals surface area contributed by atoms with E-state index in [9.17, 15) is 19.2 Å². The lowest BCUT2D eigenvalue weighted by Crippen LogP contribution is -2.30. The normalized spacial score (nSPS) is 13.5. The summed E-state index contributed by atoms with van der Waals surface area (Å²) in [5, 5.41) is 2.64. The molecule has 1 atom stereocenters. The van der Waals surface area contributed by atoms with Crippen LogP contribution in [0.5, 0.6) is 5.75 Å². The number of nitrogens with one attached hydrogen (secondary N) is 1. The number of anilines is 1. The fraction of sp³-hybridized carbons (Fsp3) is 0.182. The van der Waals surface area contributed by atoms with Crippen LogP contribution in [-0.4, -0.2) is 48.3 Å². The Hall–Kier alpha value is -3.94. The molecular weight excluding hydrogens is 388 g/mol. The third-order valence-corrected chi connectivity index (χ3v) is 4.51. The molecular formula is C22H20N2O6. The maximum absolute atomic E-state index is 12.5. The van der Waals surface area contributed by atoms with Crippen molar-refractivity contribution in [2.75, 3.05) is 19.0 Å². The Morgan fingerprint density at radius 1 is 1.13 bits per heavy atom. The van der Waals surface area contributed by atoms with Gasteiger partial charge in [0.1, 0.15) is 5.75 Å². The second-order valence-corrected chi connectivity index (χ2v) is 6.54. The average Bonchev–Trinajstić information content (AvgIpc) is 2.98. The number of carbonyl (C=O) groups excluding carboxylic acids is 4. The molecule has 2 aromatic carbocycles. The Morgan fingerprint density at radius 3 is 2.57 bits per heavy atom. The zero-order chi connectivity index (χ0) is 21.8. The molecule has 0 saturated carbocycles. The second-order valence-electron chi connectivity index (χ2n) is 6.54. The molecule has 154 valence electrons. The van der Waals surface area contributed by atoms with E-state index in [1.807, 2.05) is 0 Å². The summed E-state index contributed by atoms with van der Waals surface area (Å²) in [6, 6.07) is 10.8. The molecule has 0 fully saturated rings. The number of esters is 1. The van der Waals surface area contributed by atoms with Crippen LogP contribution in [0, 0.1) is 0 Å². The van der Waals surface area contributed by atoms with E-state index in [-0.39, 0.29) is 23.2 Å². The van der Waals surface area contributed by atoms with Crippen LogP contribution >= 0.6 is 0 Å². The molecule has 1 N–H and O–H groups in total. The van der Waals surface area contributed by atoms with Gasteiger partial charge in [-0.05, 0) is 37.3 Å². The van der Waals surface area contributed by atoms with Gasteiger partial charge in [0.25, 0.3) is 17.7 Å². The predicted octanol–water partition coefficient (Wildman–Crippen LogP) is 2.66. The number of hydrogen-bond acceptors (Lipinski definition) is 6. The van der Waals surface area contributed by atoms with E-state index in [2.05, 4.69) is 11.9 Å². The minimum atomic E-state index is -1.09. The molecule has 1 unspecified atom stereocenters. The van der Waals surface area contributed by atoms with E-state index in [1.165, 1.54) is 38.3 Å². The van der Waals surface area contributed by atoms with Crippen LogP contribution in [0.3, 0.4) is 0 Å².